The lowest BCUT2D eigenvalue weighted by atomic mass is 10.2. The molecule has 7 heteroatoms. The van der Waals surface area contributed by atoms with E-state index in [9.17, 15) is 8.42 Å². The summed E-state index contributed by atoms with van der Waals surface area (Å²) < 4.78 is 32.1. The van der Waals surface area contributed by atoms with Gasteiger partial charge in [0.1, 0.15) is 0 Å². The van der Waals surface area contributed by atoms with Gasteiger partial charge in [0.15, 0.2) is 0 Å². The fourth-order valence-electron chi connectivity index (χ4n) is 2.72. The summed E-state index contributed by atoms with van der Waals surface area (Å²) in [5.74, 6) is 0. The van der Waals surface area contributed by atoms with E-state index in [2.05, 4.69) is 4.90 Å². The molecule has 1 heterocycles. The maximum atomic E-state index is 12.8. The van der Waals surface area contributed by atoms with Crippen molar-refractivity contribution in [2.24, 2.45) is 0 Å². The lowest BCUT2D eigenvalue weighted by molar-refractivity contribution is 0.173. The molecule has 0 atom stereocenters. The topological polar surface area (TPSA) is 73.6 Å². The fraction of sp³-hybridized carbons (Fsp3) is 0.562. The summed E-state index contributed by atoms with van der Waals surface area (Å²) >= 11 is 0. The number of rotatable bonds is 6. The first-order valence-electron chi connectivity index (χ1n) is 7.79. The standard InChI is InChI=1S/C16H23N3O3S/c1-22-12-4-8-18-7-3-9-19(11-10-18)23(20,21)16-6-2-5-15(13-16)14-17/h2,5-6,13H,3-4,7-12H2,1H3. The Morgan fingerprint density at radius 2 is 2.09 bits per heavy atom. The Bertz CT molecular complexity index is 655. The molecule has 1 aliphatic heterocycles. The summed E-state index contributed by atoms with van der Waals surface area (Å²) in [5, 5.41) is 8.95. The minimum atomic E-state index is -3.54. The van der Waals surface area contributed by atoms with Gasteiger partial charge in [-0.25, -0.2) is 8.42 Å². The van der Waals surface area contributed by atoms with Gasteiger partial charge in [-0.15, -0.1) is 0 Å². The van der Waals surface area contributed by atoms with E-state index >= 15 is 0 Å². The zero-order valence-corrected chi connectivity index (χ0v) is 14.3. The maximum Gasteiger partial charge on any atom is 0.243 e. The van der Waals surface area contributed by atoms with Crippen molar-refractivity contribution in [3.63, 3.8) is 0 Å². The van der Waals surface area contributed by atoms with Gasteiger partial charge in [-0.2, -0.15) is 9.57 Å². The number of hydrogen-bond acceptors (Lipinski definition) is 5. The van der Waals surface area contributed by atoms with Crippen LogP contribution in [0, 0.1) is 11.3 Å². The van der Waals surface area contributed by atoms with Gasteiger partial charge in [-0.3, -0.25) is 0 Å². The van der Waals surface area contributed by atoms with Crippen LogP contribution < -0.4 is 0 Å². The van der Waals surface area contributed by atoms with Crippen molar-refractivity contribution in [1.29, 1.82) is 5.26 Å². The number of nitriles is 1. The van der Waals surface area contributed by atoms with E-state index in [-0.39, 0.29) is 4.90 Å². The molecule has 126 valence electrons. The molecule has 2 rings (SSSR count). The lowest BCUT2D eigenvalue weighted by Gasteiger charge is -2.21. The van der Waals surface area contributed by atoms with Crippen molar-refractivity contribution in [3.05, 3.63) is 29.8 Å². The van der Waals surface area contributed by atoms with Crippen molar-refractivity contribution in [2.75, 3.05) is 46.4 Å². The Morgan fingerprint density at radius 3 is 2.83 bits per heavy atom. The third kappa shape index (κ3) is 4.75. The monoisotopic (exact) mass is 337 g/mol. The predicted octanol–water partition coefficient (Wildman–Crippen LogP) is 1.29. The smallest absolute Gasteiger partial charge is 0.243 e. The predicted molar refractivity (Wildman–Crippen MR) is 87.5 cm³/mol. The highest BCUT2D eigenvalue weighted by molar-refractivity contribution is 7.89. The van der Waals surface area contributed by atoms with Crippen molar-refractivity contribution in [2.45, 2.75) is 17.7 Å². The summed E-state index contributed by atoms with van der Waals surface area (Å²) in [5.41, 5.74) is 0.363. The summed E-state index contributed by atoms with van der Waals surface area (Å²) in [6.45, 7) is 4.26. The second-order valence-corrected chi connectivity index (χ2v) is 7.52. The molecule has 0 unspecified atom stereocenters. The minimum absolute atomic E-state index is 0.199. The van der Waals surface area contributed by atoms with E-state index in [0.29, 0.717) is 18.7 Å². The molecule has 23 heavy (non-hydrogen) atoms. The van der Waals surface area contributed by atoms with Crippen LogP contribution in [0.25, 0.3) is 0 Å². The highest BCUT2D eigenvalue weighted by Crippen LogP contribution is 2.18. The van der Waals surface area contributed by atoms with E-state index in [1.54, 1.807) is 25.3 Å². The first kappa shape index (κ1) is 17.9. The Kier molecular flexibility index (Phi) is 6.54. The molecule has 1 aromatic rings. The molecule has 1 aromatic carbocycles. The first-order valence-corrected chi connectivity index (χ1v) is 9.23. The van der Waals surface area contributed by atoms with Gasteiger partial charge in [-0.1, -0.05) is 6.07 Å². The second-order valence-electron chi connectivity index (χ2n) is 5.59. The van der Waals surface area contributed by atoms with Crippen molar-refractivity contribution in [1.82, 2.24) is 9.21 Å². The lowest BCUT2D eigenvalue weighted by Crippen LogP contribution is -2.35. The molecule has 0 saturated carbocycles. The molecule has 0 spiro atoms. The van der Waals surface area contributed by atoms with Crippen LogP contribution in [0.3, 0.4) is 0 Å². The van der Waals surface area contributed by atoms with Crippen LogP contribution >= 0.6 is 0 Å². The molecule has 0 N–H and O–H groups in total. The largest absolute Gasteiger partial charge is 0.385 e. The quantitative estimate of drug-likeness (QED) is 0.731. The van der Waals surface area contributed by atoms with E-state index in [1.807, 2.05) is 6.07 Å². The number of ether oxygens (including phenoxy) is 1. The van der Waals surface area contributed by atoms with Gasteiger partial charge in [0, 0.05) is 39.9 Å². The van der Waals surface area contributed by atoms with Crippen molar-refractivity contribution >= 4 is 10.0 Å². The highest BCUT2D eigenvalue weighted by atomic mass is 32.2. The van der Waals surface area contributed by atoms with E-state index in [0.717, 1.165) is 39.1 Å². The van der Waals surface area contributed by atoms with E-state index in [1.165, 1.54) is 10.4 Å². The molecule has 1 saturated heterocycles. The summed E-state index contributed by atoms with van der Waals surface area (Å²) in [7, 11) is -1.85. The minimum Gasteiger partial charge on any atom is -0.385 e. The SMILES string of the molecule is COCCCN1CCCN(S(=O)(=O)c2cccc(C#N)c2)CC1. The highest BCUT2D eigenvalue weighted by Gasteiger charge is 2.26. The van der Waals surface area contributed by atoms with Crippen LogP contribution in [0.15, 0.2) is 29.2 Å². The van der Waals surface area contributed by atoms with E-state index in [4.69, 9.17) is 10.00 Å². The van der Waals surface area contributed by atoms with Crippen LogP contribution in [0.4, 0.5) is 0 Å². The number of hydrogen-bond donors (Lipinski definition) is 0. The maximum absolute atomic E-state index is 12.8. The number of benzene rings is 1. The summed E-state index contributed by atoms with van der Waals surface area (Å²) in [6.07, 6.45) is 1.76. The van der Waals surface area contributed by atoms with Crippen molar-refractivity contribution in [3.8, 4) is 6.07 Å². The Morgan fingerprint density at radius 1 is 1.26 bits per heavy atom. The molecular formula is C16H23N3O3S. The zero-order valence-electron chi connectivity index (χ0n) is 13.4. The molecule has 6 nitrogen and oxygen atoms in total. The zero-order chi connectivity index (χ0) is 16.7. The van der Waals surface area contributed by atoms with Crippen LogP contribution in [-0.4, -0.2) is 64.1 Å². The average molecular weight is 337 g/mol. The molecule has 0 aliphatic carbocycles. The van der Waals surface area contributed by atoms with E-state index < -0.39 is 10.0 Å². The normalized spacial score (nSPS) is 17.6. The van der Waals surface area contributed by atoms with Gasteiger partial charge in [-0.05, 0) is 37.6 Å². The fourth-order valence-corrected chi connectivity index (χ4v) is 4.23. The van der Waals surface area contributed by atoms with Crippen LogP contribution in [0.5, 0.6) is 0 Å². The van der Waals surface area contributed by atoms with Gasteiger partial charge < -0.3 is 9.64 Å². The van der Waals surface area contributed by atoms with Gasteiger partial charge in [0.2, 0.25) is 10.0 Å². The second kappa shape index (κ2) is 8.41. The number of sulfonamides is 1. The van der Waals surface area contributed by atoms with Gasteiger partial charge in [0.25, 0.3) is 0 Å². The molecule has 0 radical (unpaired) electrons. The molecule has 0 amide bonds. The summed E-state index contributed by atoms with van der Waals surface area (Å²) in [6, 6.07) is 8.20. The van der Waals surface area contributed by atoms with Gasteiger partial charge >= 0.3 is 0 Å². The third-order valence-corrected chi connectivity index (χ3v) is 5.87. The Hall–Kier alpha value is -1.46. The Labute approximate surface area is 138 Å². The van der Waals surface area contributed by atoms with Crippen molar-refractivity contribution < 1.29 is 13.2 Å². The molecule has 1 aliphatic rings. The molecule has 0 aromatic heterocycles. The molecular weight excluding hydrogens is 314 g/mol. The van der Waals surface area contributed by atoms with Crippen LogP contribution in [-0.2, 0) is 14.8 Å². The Balaban J connectivity index is 2.04. The first-order chi connectivity index (χ1) is 11.1. The molecule has 0 bridgehead atoms. The third-order valence-electron chi connectivity index (χ3n) is 3.97. The molecule has 1 fully saturated rings. The summed E-state index contributed by atoms with van der Waals surface area (Å²) in [4.78, 5) is 2.48. The average Bonchev–Trinajstić information content (AvgIpc) is 2.81. The van der Waals surface area contributed by atoms with Gasteiger partial charge in [0.05, 0.1) is 16.5 Å². The van der Waals surface area contributed by atoms with Crippen LogP contribution in [0.2, 0.25) is 0 Å². The number of nitrogens with zero attached hydrogens (tertiary/aromatic N) is 3. The van der Waals surface area contributed by atoms with Crippen LogP contribution in [0.1, 0.15) is 18.4 Å². The number of methoxy groups -OCH3 is 1.